The van der Waals surface area contributed by atoms with Crippen LogP contribution in [-0.4, -0.2) is 47.7 Å². The zero-order chi connectivity index (χ0) is 13.9. The van der Waals surface area contributed by atoms with Crippen LogP contribution >= 0.6 is 11.3 Å². The zero-order valence-electron chi connectivity index (χ0n) is 11.4. The van der Waals surface area contributed by atoms with Crippen LogP contribution < -0.4 is 5.32 Å². The van der Waals surface area contributed by atoms with E-state index in [4.69, 9.17) is 0 Å². The van der Waals surface area contributed by atoms with E-state index >= 15 is 0 Å². The van der Waals surface area contributed by atoms with Gasteiger partial charge >= 0.3 is 0 Å². The number of nitrogens with one attached hydrogen (secondary N) is 2. The molecule has 0 spiro atoms. The summed E-state index contributed by atoms with van der Waals surface area (Å²) in [6.45, 7) is 2.61. The Labute approximate surface area is 122 Å². The summed E-state index contributed by atoms with van der Waals surface area (Å²) in [5, 5.41) is 12.3. The molecule has 6 heteroatoms. The summed E-state index contributed by atoms with van der Waals surface area (Å²) < 4.78 is 0. The molecule has 0 radical (unpaired) electrons. The third kappa shape index (κ3) is 2.62. The summed E-state index contributed by atoms with van der Waals surface area (Å²) in [6.07, 6.45) is 1.06. The summed E-state index contributed by atoms with van der Waals surface area (Å²) in [5.41, 5.74) is 1.42. The van der Waals surface area contributed by atoms with E-state index in [1.807, 2.05) is 35.5 Å². The van der Waals surface area contributed by atoms with Crippen LogP contribution in [0, 0.1) is 5.92 Å². The lowest BCUT2D eigenvalue weighted by Gasteiger charge is -2.14. The van der Waals surface area contributed by atoms with Gasteiger partial charge < -0.3 is 10.2 Å². The Morgan fingerprint density at radius 3 is 3.30 bits per heavy atom. The topological polar surface area (TPSA) is 61.0 Å². The van der Waals surface area contributed by atoms with Gasteiger partial charge in [0.1, 0.15) is 0 Å². The van der Waals surface area contributed by atoms with Gasteiger partial charge in [0.2, 0.25) is 0 Å². The summed E-state index contributed by atoms with van der Waals surface area (Å²) in [6, 6.07) is 5.86. The first-order chi connectivity index (χ1) is 9.78. The van der Waals surface area contributed by atoms with Crippen molar-refractivity contribution in [2.24, 2.45) is 5.92 Å². The Morgan fingerprint density at radius 1 is 1.65 bits per heavy atom. The van der Waals surface area contributed by atoms with Gasteiger partial charge in [-0.15, -0.1) is 11.3 Å². The predicted octanol–water partition coefficient (Wildman–Crippen LogP) is 1.82. The highest BCUT2D eigenvalue weighted by Crippen LogP contribution is 2.24. The van der Waals surface area contributed by atoms with E-state index in [-0.39, 0.29) is 5.91 Å². The third-order valence-corrected chi connectivity index (χ3v) is 4.55. The number of likely N-dealkylation sites (tertiary alicyclic amines) is 1. The van der Waals surface area contributed by atoms with Crippen molar-refractivity contribution >= 4 is 17.2 Å². The van der Waals surface area contributed by atoms with Crippen molar-refractivity contribution in [2.75, 3.05) is 26.7 Å². The largest absolute Gasteiger partial charge is 0.337 e. The van der Waals surface area contributed by atoms with E-state index in [9.17, 15) is 4.79 Å². The molecule has 3 rings (SSSR count). The Kier molecular flexibility index (Phi) is 3.84. The Bertz CT molecular complexity index is 578. The number of hydrogen-bond donors (Lipinski definition) is 2. The minimum Gasteiger partial charge on any atom is -0.337 e. The first-order valence-corrected chi connectivity index (χ1v) is 7.69. The fourth-order valence-electron chi connectivity index (χ4n) is 2.62. The Balaban J connectivity index is 1.69. The lowest BCUT2D eigenvalue weighted by Crippen LogP contribution is -2.30. The van der Waals surface area contributed by atoms with Gasteiger partial charge in [-0.25, -0.2) is 0 Å². The Hall–Kier alpha value is -1.66. The molecule has 2 N–H and O–H groups in total. The van der Waals surface area contributed by atoms with Gasteiger partial charge in [-0.05, 0) is 43.4 Å². The van der Waals surface area contributed by atoms with Crippen LogP contribution in [0.5, 0.6) is 0 Å². The number of rotatable bonds is 4. The smallest absolute Gasteiger partial charge is 0.274 e. The van der Waals surface area contributed by atoms with Gasteiger partial charge in [-0.1, -0.05) is 6.07 Å². The third-order valence-electron chi connectivity index (χ3n) is 3.65. The highest BCUT2D eigenvalue weighted by molar-refractivity contribution is 7.13. The van der Waals surface area contributed by atoms with E-state index in [1.54, 1.807) is 11.3 Å². The van der Waals surface area contributed by atoms with Crippen LogP contribution in [0.1, 0.15) is 16.9 Å². The normalized spacial score (nSPS) is 18.6. The predicted molar refractivity (Wildman–Crippen MR) is 79.8 cm³/mol. The molecule has 0 aliphatic carbocycles. The zero-order valence-corrected chi connectivity index (χ0v) is 12.2. The molecule has 1 aliphatic rings. The highest BCUT2D eigenvalue weighted by Gasteiger charge is 2.27. The minimum atomic E-state index is 0.0302. The molecule has 2 aromatic rings. The van der Waals surface area contributed by atoms with Crippen molar-refractivity contribution in [3.8, 4) is 10.6 Å². The molecule has 3 heterocycles. The summed E-state index contributed by atoms with van der Waals surface area (Å²) >= 11 is 1.64. The van der Waals surface area contributed by atoms with Crippen LogP contribution in [-0.2, 0) is 0 Å². The lowest BCUT2D eigenvalue weighted by molar-refractivity contribution is 0.0781. The number of thiophene rings is 1. The second-order valence-electron chi connectivity index (χ2n) is 5.11. The SMILES string of the molecule is CNCC1CCN(C(=O)c2cc(-c3cccs3)[nH]n2)C1. The molecule has 1 atom stereocenters. The maximum Gasteiger partial charge on any atom is 0.274 e. The molecule has 1 fully saturated rings. The number of carbonyl (C=O) groups is 1. The standard InChI is InChI=1S/C14H18N4OS/c1-15-8-10-4-5-18(9-10)14(19)12-7-11(16-17-12)13-3-2-6-20-13/h2-3,6-7,10,15H,4-5,8-9H2,1H3,(H,16,17). The number of aromatic nitrogens is 2. The van der Waals surface area contributed by atoms with E-state index in [1.165, 1.54) is 0 Å². The van der Waals surface area contributed by atoms with Crippen molar-refractivity contribution in [2.45, 2.75) is 6.42 Å². The monoisotopic (exact) mass is 290 g/mol. The van der Waals surface area contributed by atoms with Crippen LogP contribution in [0.15, 0.2) is 23.6 Å². The molecule has 1 unspecified atom stereocenters. The fourth-order valence-corrected chi connectivity index (χ4v) is 3.32. The van der Waals surface area contributed by atoms with Crippen LogP contribution in [0.4, 0.5) is 0 Å². The van der Waals surface area contributed by atoms with E-state index < -0.39 is 0 Å². The van der Waals surface area contributed by atoms with E-state index in [0.717, 1.165) is 36.6 Å². The van der Waals surface area contributed by atoms with Crippen molar-refractivity contribution in [1.29, 1.82) is 0 Å². The van der Waals surface area contributed by atoms with Gasteiger partial charge in [0.05, 0.1) is 10.6 Å². The van der Waals surface area contributed by atoms with Crippen LogP contribution in [0.3, 0.4) is 0 Å². The van der Waals surface area contributed by atoms with Crippen molar-refractivity contribution in [1.82, 2.24) is 20.4 Å². The number of H-pyrrole nitrogens is 1. The van der Waals surface area contributed by atoms with E-state index in [0.29, 0.717) is 11.6 Å². The fraction of sp³-hybridized carbons (Fsp3) is 0.429. The van der Waals surface area contributed by atoms with E-state index in [2.05, 4.69) is 15.5 Å². The quantitative estimate of drug-likeness (QED) is 0.903. The number of amides is 1. The van der Waals surface area contributed by atoms with Gasteiger partial charge in [0, 0.05) is 13.1 Å². The highest BCUT2D eigenvalue weighted by atomic mass is 32.1. The molecule has 1 amide bonds. The van der Waals surface area contributed by atoms with Gasteiger partial charge in [0.15, 0.2) is 5.69 Å². The summed E-state index contributed by atoms with van der Waals surface area (Å²) in [7, 11) is 1.95. The number of aromatic amines is 1. The average molecular weight is 290 g/mol. The molecular formula is C14H18N4OS. The summed E-state index contributed by atoms with van der Waals surface area (Å²) in [4.78, 5) is 15.4. The lowest BCUT2D eigenvalue weighted by atomic mass is 10.1. The van der Waals surface area contributed by atoms with Gasteiger partial charge in [-0.2, -0.15) is 5.10 Å². The molecule has 2 aromatic heterocycles. The molecule has 0 aromatic carbocycles. The van der Waals surface area contributed by atoms with Crippen molar-refractivity contribution in [3.63, 3.8) is 0 Å². The molecule has 5 nitrogen and oxygen atoms in total. The maximum absolute atomic E-state index is 12.4. The molecular weight excluding hydrogens is 272 g/mol. The summed E-state index contributed by atoms with van der Waals surface area (Å²) in [5.74, 6) is 0.585. The van der Waals surface area contributed by atoms with Gasteiger partial charge in [-0.3, -0.25) is 9.89 Å². The Morgan fingerprint density at radius 2 is 2.55 bits per heavy atom. The molecule has 106 valence electrons. The minimum absolute atomic E-state index is 0.0302. The van der Waals surface area contributed by atoms with Crippen molar-refractivity contribution < 1.29 is 4.79 Å². The van der Waals surface area contributed by atoms with Crippen molar-refractivity contribution in [3.05, 3.63) is 29.3 Å². The first kappa shape index (κ1) is 13.3. The number of hydrogen-bond acceptors (Lipinski definition) is 4. The molecule has 1 saturated heterocycles. The van der Waals surface area contributed by atoms with Crippen LogP contribution in [0.2, 0.25) is 0 Å². The number of nitrogens with zero attached hydrogens (tertiary/aromatic N) is 2. The number of carbonyl (C=O) groups excluding carboxylic acids is 1. The molecule has 20 heavy (non-hydrogen) atoms. The average Bonchev–Trinajstić information content (AvgIpc) is 3.19. The van der Waals surface area contributed by atoms with Crippen LogP contribution in [0.25, 0.3) is 10.6 Å². The first-order valence-electron chi connectivity index (χ1n) is 6.81. The van der Waals surface area contributed by atoms with Gasteiger partial charge in [0.25, 0.3) is 5.91 Å². The molecule has 1 aliphatic heterocycles. The molecule has 0 saturated carbocycles. The maximum atomic E-state index is 12.4. The molecule has 0 bridgehead atoms. The second-order valence-corrected chi connectivity index (χ2v) is 6.06. The second kappa shape index (κ2) is 5.76.